The van der Waals surface area contributed by atoms with Gasteiger partial charge in [-0.15, -0.1) is 0 Å². The molecule has 1 N–H and O–H groups in total. The quantitative estimate of drug-likeness (QED) is 0.402. The van der Waals surface area contributed by atoms with Crippen molar-refractivity contribution in [3.63, 3.8) is 0 Å². The lowest BCUT2D eigenvalue weighted by atomic mass is 9.83. The van der Waals surface area contributed by atoms with E-state index in [-0.39, 0.29) is 26.1 Å². The molecule has 2 rings (SSSR count). The molecule has 0 heterocycles. The van der Waals surface area contributed by atoms with Crippen LogP contribution >= 0.6 is 0 Å². The van der Waals surface area contributed by atoms with Crippen molar-refractivity contribution < 1.29 is 33.7 Å². The van der Waals surface area contributed by atoms with Crippen LogP contribution in [0.25, 0.3) is 0 Å². The first-order chi connectivity index (χ1) is 13.0. The van der Waals surface area contributed by atoms with Gasteiger partial charge >= 0.3 is 17.9 Å². The Hall–Kier alpha value is -3.09. The summed E-state index contributed by atoms with van der Waals surface area (Å²) >= 11 is 0. The van der Waals surface area contributed by atoms with Crippen LogP contribution < -0.4 is 4.74 Å². The van der Waals surface area contributed by atoms with Gasteiger partial charge in [0.25, 0.3) is 0 Å². The van der Waals surface area contributed by atoms with Crippen molar-refractivity contribution in [1.29, 1.82) is 0 Å². The van der Waals surface area contributed by atoms with E-state index in [1.54, 1.807) is 36.4 Å². The summed E-state index contributed by atoms with van der Waals surface area (Å²) in [4.78, 5) is 35.2. The van der Waals surface area contributed by atoms with E-state index in [1.165, 1.54) is 0 Å². The summed E-state index contributed by atoms with van der Waals surface area (Å²) in [6.45, 7) is 3.05. The first-order valence-electron chi connectivity index (χ1n) is 8.56. The van der Waals surface area contributed by atoms with Crippen molar-refractivity contribution in [2.45, 2.75) is 18.9 Å². The Morgan fingerprint density at radius 1 is 1.11 bits per heavy atom. The summed E-state index contributed by atoms with van der Waals surface area (Å²) in [7, 11) is 0. The second-order valence-electron chi connectivity index (χ2n) is 6.01. The molecule has 0 amide bonds. The zero-order chi connectivity index (χ0) is 19.6. The van der Waals surface area contributed by atoms with Crippen molar-refractivity contribution in [1.82, 2.24) is 0 Å². The van der Waals surface area contributed by atoms with Crippen molar-refractivity contribution in [3.05, 3.63) is 55.1 Å². The maximum Gasteiger partial charge on any atom is 0.330 e. The minimum atomic E-state index is -1.04. The molecular formula is C20H22O7. The summed E-state index contributed by atoms with van der Waals surface area (Å²) in [5, 5.41) is 9.30. The third-order valence-corrected chi connectivity index (χ3v) is 4.09. The lowest BCUT2D eigenvalue weighted by Gasteiger charge is -2.26. The third kappa shape index (κ3) is 6.29. The minimum absolute atomic E-state index is 0.0412. The number of hydrogen-bond donors (Lipinski definition) is 1. The molecule has 0 aromatic heterocycles. The zero-order valence-corrected chi connectivity index (χ0v) is 14.8. The molecule has 0 fully saturated rings. The molecule has 7 nitrogen and oxygen atoms in total. The Kier molecular flexibility index (Phi) is 7.61. The minimum Gasteiger partial charge on any atom is -0.490 e. The second kappa shape index (κ2) is 10.2. The first kappa shape index (κ1) is 20.2. The summed E-state index contributed by atoms with van der Waals surface area (Å²) in [5.41, 5.74) is 0. The van der Waals surface area contributed by atoms with E-state index in [1.807, 2.05) is 6.07 Å². The van der Waals surface area contributed by atoms with Crippen LogP contribution in [0.3, 0.4) is 0 Å². The number of allylic oxidation sites excluding steroid dienone is 2. The highest BCUT2D eigenvalue weighted by Crippen LogP contribution is 2.27. The Balaban J connectivity index is 2.01. The number of aliphatic carboxylic acids is 1. The molecule has 0 radical (unpaired) electrons. The summed E-state index contributed by atoms with van der Waals surface area (Å²) in [5.74, 6) is -3.41. The SMILES string of the molecule is C=CC(=O)OCC(COc1ccccc1)OC(=O)C1CC=CCC1C(=O)O. The molecule has 7 heteroatoms. The van der Waals surface area contributed by atoms with Gasteiger partial charge < -0.3 is 19.3 Å². The predicted octanol–water partition coefficient (Wildman–Crippen LogP) is 2.37. The molecule has 27 heavy (non-hydrogen) atoms. The van der Waals surface area contributed by atoms with E-state index < -0.39 is 35.8 Å². The largest absolute Gasteiger partial charge is 0.490 e. The standard InChI is InChI=1S/C20H22O7/c1-2-18(21)26-13-15(12-25-14-8-4-3-5-9-14)27-20(24)17-11-7-6-10-16(17)19(22)23/h2-9,15-17H,1,10-13H2,(H,22,23). The maximum atomic E-state index is 12.5. The Labute approximate surface area is 157 Å². The molecule has 0 saturated heterocycles. The fourth-order valence-electron chi connectivity index (χ4n) is 2.66. The topological polar surface area (TPSA) is 99.1 Å². The van der Waals surface area contributed by atoms with Gasteiger partial charge in [-0.1, -0.05) is 36.9 Å². The number of benzene rings is 1. The van der Waals surface area contributed by atoms with Crippen LogP contribution in [0.2, 0.25) is 0 Å². The number of rotatable bonds is 9. The monoisotopic (exact) mass is 374 g/mol. The number of carbonyl (C=O) groups excluding carboxylic acids is 2. The number of para-hydroxylation sites is 1. The average Bonchev–Trinajstić information content (AvgIpc) is 2.70. The fourth-order valence-corrected chi connectivity index (χ4v) is 2.66. The summed E-state index contributed by atoms with van der Waals surface area (Å²) in [6.07, 6.45) is 4.19. The van der Waals surface area contributed by atoms with Gasteiger partial charge in [-0.2, -0.15) is 0 Å². The molecule has 0 spiro atoms. The van der Waals surface area contributed by atoms with Crippen molar-refractivity contribution in [3.8, 4) is 5.75 Å². The molecule has 1 aromatic carbocycles. The van der Waals surface area contributed by atoms with Gasteiger partial charge in [-0.25, -0.2) is 4.79 Å². The Bertz CT molecular complexity index is 696. The van der Waals surface area contributed by atoms with Gasteiger partial charge in [0, 0.05) is 6.08 Å². The van der Waals surface area contributed by atoms with Crippen molar-refractivity contribution in [2.24, 2.45) is 11.8 Å². The van der Waals surface area contributed by atoms with Gasteiger partial charge in [0.2, 0.25) is 0 Å². The molecular weight excluding hydrogens is 352 g/mol. The number of carbonyl (C=O) groups is 3. The molecule has 0 bridgehead atoms. The van der Waals surface area contributed by atoms with E-state index >= 15 is 0 Å². The van der Waals surface area contributed by atoms with Crippen LogP contribution in [0.4, 0.5) is 0 Å². The normalized spacial score (nSPS) is 19.6. The van der Waals surface area contributed by atoms with Gasteiger partial charge in [-0.3, -0.25) is 9.59 Å². The van der Waals surface area contributed by atoms with Crippen molar-refractivity contribution >= 4 is 17.9 Å². The third-order valence-electron chi connectivity index (χ3n) is 4.09. The van der Waals surface area contributed by atoms with Crippen LogP contribution in [0.15, 0.2) is 55.1 Å². The van der Waals surface area contributed by atoms with Gasteiger partial charge in [-0.05, 0) is 25.0 Å². The number of carboxylic acids is 1. The van der Waals surface area contributed by atoms with Gasteiger partial charge in [0.05, 0.1) is 11.8 Å². The smallest absolute Gasteiger partial charge is 0.330 e. The van der Waals surface area contributed by atoms with Crippen LogP contribution in [-0.2, 0) is 23.9 Å². The lowest BCUT2D eigenvalue weighted by Crippen LogP contribution is -2.37. The number of ether oxygens (including phenoxy) is 3. The van der Waals surface area contributed by atoms with Crippen LogP contribution in [-0.4, -0.2) is 42.3 Å². The van der Waals surface area contributed by atoms with Crippen LogP contribution in [0, 0.1) is 11.8 Å². The lowest BCUT2D eigenvalue weighted by molar-refractivity contribution is -0.167. The first-order valence-corrected chi connectivity index (χ1v) is 8.56. The van der Waals surface area contributed by atoms with Crippen LogP contribution in [0.1, 0.15) is 12.8 Å². The van der Waals surface area contributed by atoms with E-state index in [0.717, 1.165) is 6.08 Å². The summed E-state index contributed by atoms with van der Waals surface area (Å²) < 4.78 is 15.9. The molecule has 3 unspecified atom stereocenters. The van der Waals surface area contributed by atoms with Crippen molar-refractivity contribution in [2.75, 3.05) is 13.2 Å². The molecule has 1 aliphatic rings. The molecule has 1 aliphatic carbocycles. The Morgan fingerprint density at radius 2 is 1.78 bits per heavy atom. The zero-order valence-electron chi connectivity index (χ0n) is 14.8. The number of hydrogen-bond acceptors (Lipinski definition) is 6. The van der Waals surface area contributed by atoms with E-state index in [0.29, 0.717) is 5.75 Å². The highest BCUT2D eigenvalue weighted by atomic mass is 16.6. The number of carboxylic acid groups (broad SMARTS) is 1. The average molecular weight is 374 g/mol. The van der Waals surface area contributed by atoms with Gasteiger partial charge in [0.1, 0.15) is 19.0 Å². The highest BCUT2D eigenvalue weighted by Gasteiger charge is 2.36. The van der Waals surface area contributed by atoms with E-state index in [9.17, 15) is 19.5 Å². The fraction of sp³-hybridized carbons (Fsp3) is 0.350. The van der Waals surface area contributed by atoms with E-state index in [4.69, 9.17) is 14.2 Å². The highest BCUT2D eigenvalue weighted by molar-refractivity contribution is 5.82. The molecule has 0 aliphatic heterocycles. The number of esters is 2. The van der Waals surface area contributed by atoms with Crippen LogP contribution in [0.5, 0.6) is 5.75 Å². The van der Waals surface area contributed by atoms with E-state index in [2.05, 4.69) is 6.58 Å². The second-order valence-corrected chi connectivity index (χ2v) is 6.01. The van der Waals surface area contributed by atoms with Gasteiger partial charge in [0.15, 0.2) is 6.10 Å². The molecule has 3 atom stereocenters. The predicted molar refractivity (Wildman–Crippen MR) is 96.0 cm³/mol. The maximum absolute atomic E-state index is 12.5. The Morgan fingerprint density at radius 3 is 2.41 bits per heavy atom. The summed E-state index contributed by atoms with van der Waals surface area (Å²) in [6, 6.07) is 8.89. The molecule has 0 saturated carbocycles. The molecule has 144 valence electrons. The molecule has 1 aromatic rings.